The molecule has 0 aliphatic heterocycles. The molecular formula is C17H13F2N. The van der Waals surface area contributed by atoms with Crippen LogP contribution in [0, 0.1) is 11.6 Å². The lowest BCUT2D eigenvalue weighted by molar-refractivity contribution is 0.583. The Morgan fingerprint density at radius 2 is 1.55 bits per heavy atom. The number of halogens is 2. The molecule has 3 heteroatoms. The highest BCUT2D eigenvalue weighted by Gasteiger charge is 2.12. The molecule has 0 aromatic heterocycles. The normalized spacial score (nSPS) is 10.8. The van der Waals surface area contributed by atoms with Gasteiger partial charge in [0.2, 0.25) is 0 Å². The summed E-state index contributed by atoms with van der Waals surface area (Å²) in [5.74, 6) is -1.14. The van der Waals surface area contributed by atoms with Crippen molar-refractivity contribution in [2.45, 2.75) is 0 Å². The van der Waals surface area contributed by atoms with Gasteiger partial charge in [-0.2, -0.15) is 0 Å². The van der Waals surface area contributed by atoms with Crippen molar-refractivity contribution in [1.29, 1.82) is 0 Å². The van der Waals surface area contributed by atoms with E-state index in [2.05, 4.69) is 0 Å². The summed E-state index contributed by atoms with van der Waals surface area (Å²) in [5.41, 5.74) is 1.23. The minimum Gasteiger partial charge on any atom is -0.342 e. The van der Waals surface area contributed by atoms with Gasteiger partial charge in [-0.1, -0.05) is 36.4 Å². The van der Waals surface area contributed by atoms with Crippen molar-refractivity contribution >= 4 is 22.1 Å². The van der Waals surface area contributed by atoms with Crippen molar-refractivity contribution in [2.75, 3.05) is 11.9 Å². The van der Waals surface area contributed by atoms with Crippen LogP contribution in [0.4, 0.5) is 20.2 Å². The van der Waals surface area contributed by atoms with Crippen molar-refractivity contribution < 1.29 is 8.78 Å². The smallest absolute Gasteiger partial charge is 0.149 e. The highest BCUT2D eigenvalue weighted by Crippen LogP contribution is 2.32. The van der Waals surface area contributed by atoms with Gasteiger partial charge in [-0.15, -0.1) is 0 Å². The van der Waals surface area contributed by atoms with E-state index in [1.54, 1.807) is 11.9 Å². The molecule has 0 aliphatic rings. The Morgan fingerprint density at radius 3 is 2.35 bits per heavy atom. The second-order valence-electron chi connectivity index (χ2n) is 4.65. The van der Waals surface area contributed by atoms with E-state index in [0.717, 1.165) is 22.5 Å². The zero-order valence-corrected chi connectivity index (χ0v) is 11.0. The van der Waals surface area contributed by atoms with Crippen molar-refractivity contribution in [3.8, 4) is 0 Å². The monoisotopic (exact) mass is 269 g/mol. The summed E-state index contributed by atoms with van der Waals surface area (Å²) in [5, 5.41) is 2.11. The molecule has 1 nitrogen and oxygen atoms in total. The number of fused-ring (bicyclic) bond motifs is 1. The number of nitrogens with zero attached hydrogens (tertiary/aromatic N) is 1. The Kier molecular flexibility index (Phi) is 3.11. The fraction of sp³-hybridized carbons (Fsp3) is 0.0588. The summed E-state index contributed by atoms with van der Waals surface area (Å²) in [6.07, 6.45) is 0. The SMILES string of the molecule is CN(c1ccc(F)cc1F)c1cccc2ccccc12. The van der Waals surface area contributed by atoms with E-state index < -0.39 is 11.6 Å². The molecule has 20 heavy (non-hydrogen) atoms. The Labute approximate surface area is 116 Å². The van der Waals surface area contributed by atoms with Gasteiger partial charge in [-0.25, -0.2) is 8.78 Å². The van der Waals surface area contributed by atoms with Gasteiger partial charge in [0.1, 0.15) is 11.6 Å². The first kappa shape index (κ1) is 12.6. The van der Waals surface area contributed by atoms with Crippen LogP contribution >= 0.6 is 0 Å². The predicted octanol–water partition coefficient (Wildman–Crippen LogP) is 4.89. The molecule has 0 spiro atoms. The Hall–Kier alpha value is -2.42. The average molecular weight is 269 g/mol. The van der Waals surface area contributed by atoms with Crippen LogP contribution in [0.25, 0.3) is 10.8 Å². The van der Waals surface area contributed by atoms with Gasteiger partial charge in [-0.3, -0.25) is 0 Å². The van der Waals surface area contributed by atoms with Gasteiger partial charge in [0.15, 0.2) is 0 Å². The maximum absolute atomic E-state index is 13.9. The summed E-state index contributed by atoms with van der Waals surface area (Å²) >= 11 is 0. The summed E-state index contributed by atoms with van der Waals surface area (Å²) in [6, 6.07) is 17.4. The van der Waals surface area contributed by atoms with Gasteiger partial charge >= 0.3 is 0 Å². The van der Waals surface area contributed by atoms with E-state index in [9.17, 15) is 8.78 Å². The first-order valence-electron chi connectivity index (χ1n) is 6.33. The van der Waals surface area contributed by atoms with Crippen LogP contribution in [-0.4, -0.2) is 7.05 Å². The molecule has 3 aromatic carbocycles. The molecule has 0 bridgehead atoms. The maximum atomic E-state index is 13.9. The third-order valence-electron chi connectivity index (χ3n) is 3.40. The van der Waals surface area contributed by atoms with Gasteiger partial charge in [-0.05, 0) is 23.6 Å². The van der Waals surface area contributed by atoms with E-state index in [1.165, 1.54) is 12.1 Å². The Balaban J connectivity index is 2.15. The third kappa shape index (κ3) is 2.11. The summed E-state index contributed by atoms with van der Waals surface area (Å²) in [6.45, 7) is 0. The number of rotatable bonds is 2. The lowest BCUT2D eigenvalue weighted by Crippen LogP contribution is -2.11. The van der Waals surface area contributed by atoms with E-state index in [0.29, 0.717) is 5.69 Å². The van der Waals surface area contributed by atoms with Crippen LogP contribution < -0.4 is 4.90 Å². The number of hydrogen-bond acceptors (Lipinski definition) is 1. The maximum Gasteiger partial charge on any atom is 0.149 e. The second-order valence-corrected chi connectivity index (χ2v) is 4.65. The fourth-order valence-electron chi connectivity index (χ4n) is 2.38. The van der Waals surface area contributed by atoms with Crippen LogP contribution in [0.2, 0.25) is 0 Å². The van der Waals surface area contributed by atoms with Crippen molar-refractivity contribution in [3.63, 3.8) is 0 Å². The molecule has 0 N–H and O–H groups in total. The van der Waals surface area contributed by atoms with Gasteiger partial charge in [0.05, 0.1) is 5.69 Å². The molecule has 0 unspecified atom stereocenters. The van der Waals surface area contributed by atoms with Gasteiger partial charge in [0.25, 0.3) is 0 Å². The molecule has 3 aromatic rings. The zero-order valence-electron chi connectivity index (χ0n) is 11.0. The lowest BCUT2D eigenvalue weighted by Gasteiger charge is -2.22. The number of anilines is 2. The molecule has 0 saturated carbocycles. The van der Waals surface area contributed by atoms with Crippen LogP contribution in [0.15, 0.2) is 60.7 Å². The Morgan fingerprint density at radius 1 is 0.800 bits per heavy atom. The first-order valence-corrected chi connectivity index (χ1v) is 6.33. The first-order chi connectivity index (χ1) is 9.66. The summed E-state index contributed by atoms with van der Waals surface area (Å²) in [4.78, 5) is 1.73. The van der Waals surface area contributed by atoms with Gasteiger partial charge in [0, 0.05) is 24.2 Å². The van der Waals surface area contributed by atoms with Crippen molar-refractivity contribution in [1.82, 2.24) is 0 Å². The van der Waals surface area contributed by atoms with Crippen LogP contribution in [0.3, 0.4) is 0 Å². The standard InChI is InChI=1S/C17H13F2N/c1-20(17-10-9-13(18)11-15(17)19)16-8-4-6-12-5-2-3-7-14(12)16/h2-11H,1H3. The van der Waals surface area contributed by atoms with Crippen LogP contribution in [0.1, 0.15) is 0 Å². The summed E-state index contributed by atoms with van der Waals surface area (Å²) < 4.78 is 26.9. The molecule has 0 fully saturated rings. The largest absolute Gasteiger partial charge is 0.342 e. The highest BCUT2D eigenvalue weighted by atomic mass is 19.1. The molecular weight excluding hydrogens is 256 g/mol. The van der Waals surface area contributed by atoms with Crippen molar-refractivity contribution in [2.24, 2.45) is 0 Å². The van der Waals surface area contributed by atoms with Crippen LogP contribution in [-0.2, 0) is 0 Å². The molecule has 0 aliphatic carbocycles. The van der Waals surface area contributed by atoms with E-state index in [4.69, 9.17) is 0 Å². The average Bonchev–Trinajstić information content (AvgIpc) is 2.46. The van der Waals surface area contributed by atoms with E-state index >= 15 is 0 Å². The molecule has 0 radical (unpaired) electrons. The molecule has 0 saturated heterocycles. The predicted molar refractivity (Wildman–Crippen MR) is 78.4 cm³/mol. The van der Waals surface area contributed by atoms with E-state index in [-0.39, 0.29) is 0 Å². The van der Waals surface area contributed by atoms with E-state index in [1.807, 2.05) is 42.5 Å². The second kappa shape index (κ2) is 4.93. The zero-order chi connectivity index (χ0) is 14.1. The molecule has 0 amide bonds. The van der Waals surface area contributed by atoms with Crippen LogP contribution in [0.5, 0.6) is 0 Å². The van der Waals surface area contributed by atoms with Gasteiger partial charge < -0.3 is 4.90 Å². The quantitative estimate of drug-likeness (QED) is 0.640. The Bertz CT molecular complexity index is 763. The third-order valence-corrected chi connectivity index (χ3v) is 3.40. The highest BCUT2D eigenvalue weighted by molar-refractivity contribution is 5.95. The fourth-order valence-corrected chi connectivity index (χ4v) is 2.38. The molecule has 100 valence electrons. The molecule has 3 rings (SSSR count). The topological polar surface area (TPSA) is 3.24 Å². The minimum atomic E-state index is -0.572. The minimum absolute atomic E-state index is 0.350. The lowest BCUT2D eigenvalue weighted by atomic mass is 10.1. The number of hydrogen-bond donors (Lipinski definition) is 0. The molecule has 0 atom stereocenters. The summed E-state index contributed by atoms with van der Waals surface area (Å²) in [7, 11) is 1.78. The molecule has 0 heterocycles. The number of benzene rings is 3. The van der Waals surface area contributed by atoms with Crippen molar-refractivity contribution in [3.05, 3.63) is 72.3 Å².